The predicted molar refractivity (Wildman–Crippen MR) is 114 cm³/mol. The van der Waals surface area contributed by atoms with Gasteiger partial charge in [-0.2, -0.15) is 0 Å². The number of rotatable bonds is 5. The van der Waals surface area contributed by atoms with Crippen LogP contribution in [0, 0.1) is 5.92 Å². The van der Waals surface area contributed by atoms with Crippen LogP contribution in [0.5, 0.6) is 11.5 Å². The summed E-state index contributed by atoms with van der Waals surface area (Å²) in [6.07, 6.45) is 1.48. The second-order valence-electron chi connectivity index (χ2n) is 7.52. The van der Waals surface area contributed by atoms with Crippen LogP contribution in [-0.4, -0.2) is 36.4 Å². The lowest BCUT2D eigenvalue weighted by Gasteiger charge is -2.20. The van der Waals surface area contributed by atoms with Gasteiger partial charge in [0, 0.05) is 23.0 Å². The SMILES string of the molecule is COC(=O)[C@@H](NC(=O)c1cn(-c2ccc3c(c2)OCO3)c(=O)c2ccccc12)C(C)C. The lowest BCUT2D eigenvalue weighted by molar-refractivity contribution is -0.144. The standard InChI is InChI=1S/C23H22N2O6/c1-13(2)20(23(28)29-3)24-21(26)17-11-25(22(27)16-7-5-4-6-15(16)17)14-8-9-18-19(10-14)31-12-30-18/h4-11,13,20H,12H2,1-3H3,(H,24,26)/t20-/m0/s1. The number of pyridine rings is 1. The second kappa shape index (κ2) is 8.14. The van der Waals surface area contributed by atoms with Crippen LogP contribution in [0.15, 0.2) is 53.5 Å². The monoisotopic (exact) mass is 422 g/mol. The van der Waals surface area contributed by atoms with Gasteiger partial charge in [0.15, 0.2) is 11.5 Å². The van der Waals surface area contributed by atoms with Crippen LogP contribution in [0.3, 0.4) is 0 Å². The maximum Gasteiger partial charge on any atom is 0.328 e. The van der Waals surface area contributed by atoms with Crippen molar-refractivity contribution in [3.8, 4) is 17.2 Å². The zero-order valence-corrected chi connectivity index (χ0v) is 17.4. The van der Waals surface area contributed by atoms with Crippen molar-refractivity contribution >= 4 is 22.6 Å². The number of benzene rings is 2. The molecule has 8 heteroatoms. The summed E-state index contributed by atoms with van der Waals surface area (Å²) in [5, 5.41) is 3.62. The van der Waals surface area contributed by atoms with Gasteiger partial charge in [0.25, 0.3) is 11.5 Å². The molecule has 0 saturated heterocycles. The fourth-order valence-corrected chi connectivity index (χ4v) is 3.54. The van der Waals surface area contributed by atoms with Crippen molar-refractivity contribution in [1.82, 2.24) is 9.88 Å². The Labute approximate surface area is 178 Å². The number of esters is 1. The van der Waals surface area contributed by atoms with E-state index >= 15 is 0 Å². The molecule has 4 rings (SSSR count). The highest BCUT2D eigenvalue weighted by Gasteiger charge is 2.27. The third-order valence-electron chi connectivity index (χ3n) is 5.21. The minimum atomic E-state index is -0.817. The normalized spacial score (nSPS) is 13.3. The number of fused-ring (bicyclic) bond motifs is 2. The molecule has 160 valence electrons. The molecule has 0 saturated carbocycles. The molecular weight excluding hydrogens is 400 g/mol. The number of nitrogens with one attached hydrogen (secondary N) is 1. The highest BCUT2D eigenvalue weighted by atomic mass is 16.7. The topological polar surface area (TPSA) is 95.9 Å². The Hall–Kier alpha value is -3.81. The Balaban J connectivity index is 1.84. The molecule has 1 aliphatic rings. The fourth-order valence-electron chi connectivity index (χ4n) is 3.54. The van der Waals surface area contributed by atoms with Crippen molar-refractivity contribution in [2.75, 3.05) is 13.9 Å². The van der Waals surface area contributed by atoms with E-state index < -0.39 is 17.9 Å². The van der Waals surface area contributed by atoms with Crippen LogP contribution in [0.4, 0.5) is 0 Å². The van der Waals surface area contributed by atoms with Gasteiger partial charge in [0.1, 0.15) is 6.04 Å². The molecule has 1 aromatic heterocycles. The Morgan fingerprint density at radius 3 is 2.48 bits per heavy atom. The fraction of sp³-hybridized carbons (Fsp3) is 0.261. The number of carbonyl (C=O) groups is 2. The first-order chi connectivity index (χ1) is 14.9. The number of ether oxygens (including phenoxy) is 3. The lowest BCUT2D eigenvalue weighted by atomic mass is 10.0. The first kappa shape index (κ1) is 20.5. The molecule has 1 N–H and O–H groups in total. The van der Waals surface area contributed by atoms with E-state index in [4.69, 9.17) is 14.2 Å². The number of carbonyl (C=O) groups excluding carboxylic acids is 2. The molecule has 1 aliphatic heterocycles. The van der Waals surface area contributed by atoms with Crippen LogP contribution in [0.2, 0.25) is 0 Å². The van der Waals surface area contributed by atoms with Gasteiger partial charge in [-0.3, -0.25) is 14.2 Å². The van der Waals surface area contributed by atoms with Crippen molar-refractivity contribution in [2.45, 2.75) is 19.9 Å². The van der Waals surface area contributed by atoms with Crippen molar-refractivity contribution in [2.24, 2.45) is 5.92 Å². The lowest BCUT2D eigenvalue weighted by Crippen LogP contribution is -2.45. The van der Waals surface area contributed by atoms with Crippen LogP contribution in [-0.2, 0) is 9.53 Å². The molecule has 0 unspecified atom stereocenters. The summed E-state index contributed by atoms with van der Waals surface area (Å²) < 4.78 is 17.0. The number of nitrogens with zero attached hydrogens (tertiary/aromatic N) is 1. The van der Waals surface area contributed by atoms with Crippen molar-refractivity contribution in [1.29, 1.82) is 0 Å². The van der Waals surface area contributed by atoms with Gasteiger partial charge < -0.3 is 19.5 Å². The maximum atomic E-state index is 13.2. The average molecular weight is 422 g/mol. The van der Waals surface area contributed by atoms with Crippen molar-refractivity contribution in [3.63, 3.8) is 0 Å². The summed E-state index contributed by atoms with van der Waals surface area (Å²) in [5.74, 6) is -0.0727. The molecule has 1 atom stereocenters. The molecule has 0 bridgehead atoms. The van der Waals surface area contributed by atoms with Gasteiger partial charge in [0.2, 0.25) is 6.79 Å². The quantitative estimate of drug-likeness (QED) is 0.635. The van der Waals surface area contributed by atoms with Crippen molar-refractivity contribution in [3.05, 3.63) is 64.6 Å². The molecule has 8 nitrogen and oxygen atoms in total. The highest BCUT2D eigenvalue weighted by molar-refractivity contribution is 6.07. The predicted octanol–water partition coefficient (Wildman–Crippen LogP) is 2.65. The maximum absolute atomic E-state index is 13.2. The summed E-state index contributed by atoms with van der Waals surface area (Å²) >= 11 is 0. The van der Waals surface area contributed by atoms with E-state index in [2.05, 4.69) is 5.32 Å². The molecular formula is C23H22N2O6. The summed E-state index contributed by atoms with van der Waals surface area (Å²) in [4.78, 5) is 38.5. The summed E-state index contributed by atoms with van der Waals surface area (Å²) in [6.45, 7) is 3.74. The van der Waals surface area contributed by atoms with Crippen molar-refractivity contribution < 1.29 is 23.8 Å². The van der Waals surface area contributed by atoms with E-state index in [0.717, 1.165) is 0 Å². The number of methoxy groups -OCH3 is 1. The van der Waals surface area contributed by atoms with E-state index in [-0.39, 0.29) is 23.8 Å². The molecule has 0 fully saturated rings. The number of hydrogen-bond donors (Lipinski definition) is 1. The number of hydrogen-bond acceptors (Lipinski definition) is 6. The van der Waals surface area contributed by atoms with E-state index in [9.17, 15) is 14.4 Å². The average Bonchev–Trinajstić information content (AvgIpc) is 3.25. The largest absolute Gasteiger partial charge is 0.467 e. The summed E-state index contributed by atoms with van der Waals surface area (Å²) in [6, 6.07) is 11.2. The highest BCUT2D eigenvalue weighted by Crippen LogP contribution is 2.33. The van der Waals surface area contributed by atoms with E-state index in [1.807, 2.05) is 13.8 Å². The Morgan fingerprint density at radius 1 is 1.06 bits per heavy atom. The second-order valence-corrected chi connectivity index (χ2v) is 7.52. The molecule has 0 spiro atoms. The Morgan fingerprint density at radius 2 is 1.77 bits per heavy atom. The third-order valence-corrected chi connectivity index (χ3v) is 5.21. The minimum Gasteiger partial charge on any atom is -0.467 e. The Bertz CT molecular complexity index is 1230. The van der Waals surface area contributed by atoms with Gasteiger partial charge in [-0.25, -0.2) is 4.79 Å². The van der Waals surface area contributed by atoms with E-state index in [1.54, 1.807) is 42.5 Å². The van der Waals surface area contributed by atoms with Gasteiger partial charge in [-0.15, -0.1) is 0 Å². The molecule has 2 aromatic carbocycles. The summed E-state index contributed by atoms with van der Waals surface area (Å²) in [7, 11) is 1.28. The number of amides is 1. The molecule has 2 heterocycles. The van der Waals surface area contributed by atoms with Crippen LogP contribution < -0.4 is 20.3 Å². The third kappa shape index (κ3) is 3.72. The molecule has 1 amide bonds. The van der Waals surface area contributed by atoms with Gasteiger partial charge in [0.05, 0.1) is 18.4 Å². The smallest absolute Gasteiger partial charge is 0.328 e. The van der Waals surface area contributed by atoms with Crippen LogP contribution >= 0.6 is 0 Å². The molecule has 0 aliphatic carbocycles. The van der Waals surface area contributed by atoms with E-state index in [1.165, 1.54) is 17.9 Å². The van der Waals surface area contributed by atoms with Crippen LogP contribution in [0.25, 0.3) is 16.5 Å². The first-order valence-electron chi connectivity index (χ1n) is 9.84. The zero-order chi connectivity index (χ0) is 22.1. The van der Waals surface area contributed by atoms with E-state index in [0.29, 0.717) is 28.0 Å². The number of aromatic nitrogens is 1. The summed E-state index contributed by atoms with van der Waals surface area (Å²) in [5.41, 5.74) is 0.518. The van der Waals surface area contributed by atoms with Crippen LogP contribution in [0.1, 0.15) is 24.2 Å². The zero-order valence-electron chi connectivity index (χ0n) is 17.4. The molecule has 3 aromatic rings. The van der Waals surface area contributed by atoms with Gasteiger partial charge >= 0.3 is 5.97 Å². The first-order valence-corrected chi connectivity index (χ1v) is 9.84. The Kier molecular flexibility index (Phi) is 5.37. The molecule has 31 heavy (non-hydrogen) atoms. The molecule has 0 radical (unpaired) electrons. The minimum absolute atomic E-state index is 0.114. The van der Waals surface area contributed by atoms with Gasteiger partial charge in [-0.1, -0.05) is 32.0 Å². The van der Waals surface area contributed by atoms with Gasteiger partial charge in [-0.05, 0) is 24.1 Å².